The Kier molecular flexibility index (Phi) is 8.08. The molecule has 1 radical (unpaired) electrons. The summed E-state index contributed by atoms with van der Waals surface area (Å²) >= 11 is -0.556. The zero-order valence-corrected chi connectivity index (χ0v) is 13.8. The second-order valence-electron chi connectivity index (χ2n) is 3.55. The van der Waals surface area contributed by atoms with Crippen LogP contribution in [0.15, 0.2) is 48.6 Å². The Labute approximate surface area is 138 Å². The number of benzene rings is 1. The molecule has 2 N–H and O–H groups in total. The van der Waals surface area contributed by atoms with Gasteiger partial charge in [-0.2, -0.15) is 0 Å². The van der Waals surface area contributed by atoms with Crippen molar-refractivity contribution >= 4 is 35.6 Å². The van der Waals surface area contributed by atoms with Gasteiger partial charge in [0.1, 0.15) is 0 Å². The Morgan fingerprint density at radius 3 is 2.00 bits per heavy atom. The predicted molar refractivity (Wildman–Crippen MR) is 78.4 cm³/mol. The fraction of sp³-hybridized carbons (Fsp3) is 0. The van der Waals surface area contributed by atoms with Crippen molar-refractivity contribution in [2.45, 2.75) is 0 Å². The van der Waals surface area contributed by atoms with E-state index in [1.165, 1.54) is 12.1 Å². The molecular formula is C12H11Cl2N4O2Ti. The van der Waals surface area contributed by atoms with E-state index in [1.807, 2.05) is 30.7 Å². The van der Waals surface area contributed by atoms with Crippen LogP contribution in [0.1, 0.15) is 0 Å². The van der Waals surface area contributed by atoms with Gasteiger partial charge in [0.15, 0.2) is 5.52 Å². The molecular weight excluding hydrogens is 351 g/mol. The number of nitrogen functional groups attached to an aromatic ring is 1. The van der Waals surface area contributed by atoms with Crippen LogP contribution in [0.3, 0.4) is 0 Å². The molecule has 1 aromatic carbocycles. The Morgan fingerprint density at radius 2 is 1.52 bits per heavy atom. The van der Waals surface area contributed by atoms with Crippen molar-refractivity contribution in [2.24, 2.45) is 0 Å². The van der Waals surface area contributed by atoms with E-state index in [1.54, 1.807) is 12.1 Å². The third kappa shape index (κ3) is 5.51. The summed E-state index contributed by atoms with van der Waals surface area (Å²) in [5.74, 6) is -0.353. The molecule has 0 saturated heterocycles. The van der Waals surface area contributed by atoms with E-state index < -0.39 is 17.0 Å². The van der Waals surface area contributed by atoms with Gasteiger partial charge in [-0.15, -0.1) is 0 Å². The molecule has 0 fully saturated rings. The topological polar surface area (TPSA) is 92.8 Å². The predicted octanol–water partition coefficient (Wildman–Crippen LogP) is 1.78. The Hall–Kier alpha value is -1.34. The second kappa shape index (κ2) is 9.57. The minimum atomic E-state index is -0.556. The van der Waals surface area contributed by atoms with Crippen molar-refractivity contribution in [3.05, 3.63) is 65.4 Å². The average molecular weight is 362 g/mol. The van der Waals surface area contributed by atoms with Crippen LogP contribution in [0.5, 0.6) is 0 Å². The molecule has 0 amide bonds. The van der Waals surface area contributed by atoms with Crippen LogP contribution in [0.25, 0.3) is 11.0 Å². The zero-order chi connectivity index (χ0) is 15.7. The summed E-state index contributed by atoms with van der Waals surface area (Å²) in [7, 11) is 9.78. The molecule has 2 aromatic rings. The van der Waals surface area contributed by atoms with Crippen molar-refractivity contribution in [3.8, 4) is 0 Å². The normalized spacial score (nSPS) is 11.3. The van der Waals surface area contributed by atoms with Gasteiger partial charge < -0.3 is 10.4 Å². The first-order valence-electron chi connectivity index (χ1n) is 5.62. The molecule has 0 saturated carbocycles. The summed E-state index contributed by atoms with van der Waals surface area (Å²) in [5.41, 5.74) is 5.62. The molecule has 0 aliphatic heterocycles. The van der Waals surface area contributed by atoms with Gasteiger partial charge in [-0.05, 0) is 6.07 Å². The van der Waals surface area contributed by atoms with Crippen LogP contribution in [-0.4, -0.2) is 5.10 Å². The first-order chi connectivity index (χ1) is 10.1. The molecule has 1 aliphatic carbocycles. The van der Waals surface area contributed by atoms with Crippen molar-refractivity contribution in [1.82, 2.24) is 5.10 Å². The average Bonchev–Trinajstić information content (AvgIpc) is 3.05. The third-order valence-electron chi connectivity index (χ3n) is 2.26. The molecule has 1 aromatic heterocycles. The van der Waals surface area contributed by atoms with E-state index in [0.717, 1.165) is 0 Å². The second-order valence-corrected chi connectivity index (χ2v) is 6.13. The first kappa shape index (κ1) is 17.7. The number of fused-ring (bicyclic) bond motifs is 1. The molecule has 3 rings (SSSR count). The van der Waals surface area contributed by atoms with Crippen LogP contribution in [-0.2, 0) is 17.0 Å². The number of para-hydroxylation sites is 2. The Balaban J connectivity index is 0.000000228. The number of hydrogen-bond acceptors (Lipinski definition) is 4. The van der Waals surface area contributed by atoms with Crippen molar-refractivity contribution in [1.29, 1.82) is 0 Å². The summed E-state index contributed by atoms with van der Waals surface area (Å²) in [5, 5.41) is 25.7. The summed E-state index contributed by atoms with van der Waals surface area (Å²) < 4.78 is 0.420. The molecule has 0 spiro atoms. The molecule has 1 aliphatic rings. The number of halogens is 2. The molecule has 0 unspecified atom stereocenters. The van der Waals surface area contributed by atoms with E-state index >= 15 is 0 Å². The number of allylic oxidation sites excluding steroid dienone is 4. The fourth-order valence-corrected chi connectivity index (χ4v) is 1.43. The van der Waals surface area contributed by atoms with Gasteiger partial charge >= 0.3 is 41.6 Å². The quantitative estimate of drug-likeness (QED) is 0.439. The van der Waals surface area contributed by atoms with Crippen molar-refractivity contribution in [2.75, 3.05) is 5.73 Å². The van der Waals surface area contributed by atoms with Crippen LogP contribution < -0.4 is 15.3 Å². The van der Waals surface area contributed by atoms with Crippen LogP contribution in [0.4, 0.5) is 5.95 Å². The van der Waals surface area contributed by atoms with Gasteiger partial charge in [0.2, 0.25) is 5.10 Å². The molecule has 6 nitrogen and oxygen atoms in total. The number of nitrogens with two attached hydrogens (primary N) is 1. The number of rotatable bonds is 0. The molecule has 109 valence electrons. The molecule has 0 bridgehead atoms. The monoisotopic (exact) mass is 361 g/mol. The minimum absolute atomic E-state index is 0.201. The van der Waals surface area contributed by atoms with E-state index in [9.17, 15) is 10.4 Å². The van der Waals surface area contributed by atoms with Crippen molar-refractivity contribution in [3.63, 3.8) is 0 Å². The van der Waals surface area contributed by atoms with Crippen molar-refractivity contribution < 1.29 is 26.6 Å². The summed E-state index contributed by atoms with van der Waals surface area (Å²) in [6, 6.07) is 6.31. The molecule has 9 heteroatoms. The van der Waals surface area contributed by atoms with E-state index in [-0.39, 0.29) is 17.0 Å². The number of nitrogens with zero attached hydrogens (tertiary/aromatic N) is 3. The fourth-order valence-electron chi connectivity index (χ4n) is 1.43. The number of anilines is 1. The Morgan fingerprint density at radius 1 is 1.00 bits per heavy atom. The van der Waals surface area contributed by atoms with Gasteiger partial charge in [0.05, 0.1) is 0 Å². The van der Waals surface area contributed by atoms with E-state index in [2.05, 4.69) is 5.10 Å². The van der Waals surface area contributed by atoms with Gasteiger partial charge in [0, 0.05) is 17.3 Å². The van der Waals surface area contributed by atoms with E-state index in [4.69, 9.17) is 24.3 Å². The standard InChI is InChI=1S/C7H6N4O2.C5H5.2ClH.Ti/c8-7-9-11(13)6-4-2-1-3-5(6)10(7)12;1-2-4-5-3-1;;;/h1-4H,(H2,8,9);1-5H;2*1H;/q;;;;+2/p-2. The molecule has 1 heterocycles. The maximum absolute atomic E-state index is 11.3. The third-order valence-corrected chi connectivity index (χ3v) is 2.26. The van der Waals surface area contributed by atoms with Crippen LogP contribution >= 0.6 is 18.6 Å². The number of hydrogen-bond donors (Lipinski definition) is 1. The van der Waals surface area contributed by atoms with Gasteiger partial charge in [-0.25, -0.2) is 4.73 Å². The molecule has 0 atom stereocenters. The summed E-state index contributed by atoms with van der Waals surface area (Å²) in [6.07, 6.45) is 10.0. The zero-order valence-electron chi connectivity index (χ0n) is 10.7. The summed E-state index contributed by atoms with van der Waals surface area (Å²) in [4.78, 5) is 0.332. The van der Waals surface area contributed by atoms with Gasteiger partial charge in [-0.3, -0.25) is 5.73 Å². The van der Waals surface area contributed by atoms with Crippen LogP contribution in [0.2, 0.25) is 0 Å². The number of aromatic nitrogens is 3. The maximum atomic E-state index is 11.3. The van der Waals surface area contributed by atoms with Gasteiger partial charge in [-0.1, -0.05) is 36.4 Å². The SMILES string of the molecule is Nc1n[n+]([O-])c2ccccc2[n+]1[O-].[CH]1C=CC=C1.[Cl][Ti][Cl]. The Bertz CT molecular complexity index is 642. The molecule has 21 heavy (non-hydrogen) atoms. The van der Waals surface area contributed by atoms with Gasteiger partial charge in [0.25, 0.3) is 5.52 Å². The van der Waals surface area contributed by atoms with E-state index in [0.29, 0.717) is 9.58 Å². The first-order valence-corrected chi connectivity index (χ1v) is 9.92. The van der Waals surface area contributed by atoms with Crippen LogP contribution in [0, 0.1) is 16.8 Å². The summed E-state index contributed by atoms with van der Waals surface area (Å²) in [6.45, 7) is 0.